The van der Waals surface area contributed by atoms with Crippen molar-refractivity contribution in [2.75, 3.05) is 31.1 Å². The molecular formula is C13H18N2O5S. The van der Waals surface area contributed by atoms with E-state index in [1.54, 1.807) is 24.3 Å². The number of ether oxygens (including phenoxy) is 1. The minimum Gasteiger partial charge on any atom is -0.481 e. The Balaban J connectivity index is 2.30. The number of fused-ring (bicyclic) bond motifs is 1. The molecule has 0 radical (unpaired) electrons. The number of para-hydroxylation sites is 1. The molecule has 0 saturated carbocycles. The molecule has 0 aromatic heterocycles. The van der Waals surface area contributed by atoms with Crippen LogP contribution in [-0.4, -0.2) is 46.3 Å². The zero-order valence-electron chi connectivity index (χ0n) is 11.7. The lowest BCUT2D eigenvalue weighted by Crippen LogP contribution is -2.45. The summed E-state index contributed by atoms with van der Waals surface area (Å²) >= 11 is 0. The third-order valence-electron chi connectivity index (χ3n) is 3.38. The maximum atomic E-state index is 12.3. The number of carboxylic acids is 1. The van der Waals surface area contributed by atoms with Gasteiger partial charge in [0.15, 0.2) is 0 Å². The van der Waals surface area contributed by atoms with Gasteiger partial charge < -0.3 is 9.84 Å². The van der Waals surface area contributed by atoms with Crippen LogP contribution in [0.3, 0.4) is 0 Å². The van der Waals surface area contributed by atoms with Crippen LogP contribution < -0.4 is 9.03 Å². The van der Waals surface area contributed by atoms with Crippen molar-refractivity contribution in [3.63, 3.8) is 0 Å². The van der Waals surface area contributed by atoms with Crippen molar-refractivity contribution in [3.8, 4) is 0 Å². The Morgan fingerprint density at radius 1 is 1.48 bits per heavy atom. The molecule has 0 saturated heterocycles. The molecule has 1 aliphatic heterocycles. The van der Waals surface area contributed by atoms with Crippen LogP contribution in [0.5, 0.6) is 0 Å². The van der Waals surface area contributed by atoms with Crippen LogP contribution in [0.25, 0.3) is 0 Å². The predicted octanol–water partition coefficient (Wildman–Crippen LogP) is 0.546. The number of carboxylic acid groups (broad SMARTS) is 1. The average molecular weight is 314 g/mol. The van der Waals surface area contributed by atoms with E-state index in [2.05, 4.69) is 4.72 Å². The Hall–Kier alpha value is -1.64. The molecule has 0 aliphatic carbocycles. The number of hydrogen-bond donors (Lipinski definition) is 2. The van der Waals surface area contributed by atoms with E-state index in [1.807, 2.05) is 0 Å². The van der Waals surface area contributed by atoms with Gasteiger partial charge in [-0.25, -0.2) is 0 Å². The highest BCUT2D eigenvalue weighted by molar-refractivity contribution is 7.90. The standard InChI is InChI=1S/C13H18N2O5S/c1-20-9-7-14-21(18,19)15-8-6-11(13(16)17)10-4-2-3-5-12(10)15/h2-5,11,14H,6-9H2,1H3,(H,16,17). The fourth-order valence-corrected chi connectivity index (χ4v) is 3.66. The number of methoxy groups -OCH3 is 1. The number of benzene rings is 1. The molecule has 21 heavy (non-hydrogen) atoms. The molecule has 2 N–H and O–H groups in total. The molecule has 1 atom stereocenters. The first-order valence-corrected chi connectivity index (χ1v) is 7.99. The van der Waals surface area contributed by atoms with Gasteiger partial charge in [0.1, 0.15) is 0 Å². The van der Waals surface area contributed by atoms with Crippen molar-refractivity contribution in [1.82, 2.24) is 4.72 Å². The molecule has 8 heteroatoms. The van der Waals surface area contributed by atoms with Crippen LogP contribution in [0, 0.1) is 0 Å². The van der Waals surface area contributed by atoms with Crippen LogP contribution in [-0.2, 0) is 19.7 Å². The minimum absolute atomic E-state index is 0.135. The SMILES string of the molecule is COCCNS(=O)(=O)N1CCC(C(=O)O)c2ccccc21. The number of nitrogens with one attached hydrogen (secondary N) is 1. The fraction of sp³-hybridized carbons (Fsp3) is 0.462. The molecule has 0 fully saturated rings. The van der Waals surface area contributed by atoms with E-state index in [9.17, 15) is 18.3 Å². The zero-order chi connectivity index (χ0) is 15.5. The number of rotatable bonds is 6. The van der Waals surface area contributed by atoms with E-state index in [4.69, 9.17) is 4.74 Å². The summed E-state index contributed by atoms with van der Waals surface area (Å²) in [6.07, 6.45) is 0.248. The smallest absolute Gasteiger partial charge is 0.311 e. The quantitative estimate of drug-likeness (QED) is 0.747. The Kier molecular flexibility index (Phi) is 4.81. The third kappa shape index (κ3) is 3.34. The summed E-state index contributed by atoms with van der Waals surface area (Å²) in [5.74, 6) is -1.61. The summed E-state index contributed by atoms with van der Waals surface area (Å²) in [5, 5.41) is 9.25. The number of nitrogens with zero attached hydrogens (tertiary/aromatic N) is 1. The van der Waals surface area contributed by atoms with Gasteiger partial charge in [0.25, 0.3) is 0 Å². The lowest BCUT2D eigenvalue weighted by atomic mass is 9.91. The highest BCUT2D eigenvalue weighted by Crippen LogP contribution is 2.36. The van der Waals surface area contributed by atoms with Crippen LogP contribution in [0.15, 0.2) is 24.3 Å². The van der Waals surface area contributed by atoms with Gasteiger partial charge in [-0.15, -0.1) is 0 Å². The Morgan fingerprint density at radius 2 is 2.19 bits per heavy atom. The Morgan fingerprint density at radius 3 is 2.86 bits per heavy atom. The minimum atomic E-state index is -3.71. The van der Waals surface area contributed by atoms with E-state index in [0.717, 1.165) is 0 Å². The van der Waals surface area contributed by atoms with Crippen LogP contribution in [0.2, 0.25) is 0 Å². The van der Waals surface area contributed by atoms with Gasteiger partial charge in [0.05, 0.1) is 18.2 Å². The molecule has 0 spiro atoms. The first-order chi connectivity index (χ1) is 9.97. The summed E-state index contributed by atoms with van der Waals surface area (Å²) in [5.41, 5.74) is 0.939. The van der Waals surface area contributed by atoms with E-state index in [1.165, 1.54) is 11.4 Å². The molecule has 116 valence electrons. The van der Waals surface area contributed by atoms with Gasteiger partial charge in [-0.2, -0.15) is 13.1 Å². The van der Waals surface area contributed by atoms with Gasteiger partial charge in [-0.05, 0) is 18.1 Å². The molecule has 1 unspecified atom stereocenters. The molecule has 0 amide bonds. The number of carbonyl (C=O) groups is 1. The summed E-state index contributed by atoms with van der Waals surface area (Å²) in [6.45, 7) is 0.572. The van der Waals surface area contributed by atoms with Gasteiger partial charge in [0.2, 0.25) is 0 Å². The maximum absolute atomic E-state index is 12.3. The largest absolute Gasteiger partial charge is 0.481 e. The van der Waals surface area contributed by atoms with Crippen molar-refractivity contribution in [1.29, 1.82) is 0 Å². The second-order valence-corrected chi connectivity index (χ2v) is 6.38. The molecule has 1 heterocycles. The summed E-state index contributed by atoms with van der Waals surface area (Å²) < 4.78 is 33.1. The van der Waals surface area contributed by atoms with Crippen molar-refractivity contribution in [2.45, 2.75) is 12.3 Å². The predicted molar refractivity (Wildman–Crippen MR) is 77.6 cm³/mol. The second kappa shape index (κ2) is 6.42. The molecule has 1 aromatic rings. The second-order valence-electron chi connectivity index (χ2n) is 4.70. The monoisotopic (exact) mass is 314 g/mol. The van der Waals surface area contributed by atoms with Crippen molar-refractivity contribution >= 4 is 21.9 Å². The zero-order valence-corrected chi connectivity index (χ0v) is 12.5. The molecular weight excluding hydrogens is 296 g/mol. The molecule has 1 aliphatic rings. The highest BCUT2D eigenvalue weighted by Gasteiger charge is 2.34. The number of anilines is 1. The molecule has 0 bridgehead atoms. The number of aliphatic carboxylic acids is 1. The van der Waals surface area contributed by atoms with Crippen LogP contribution >= 0.6 is 0 Å². The van der Waals surface area contributed by atoms with Gasteiger partial charge in [0, 0.05) is 20.2 Å². The van der Waals surface area contributed by atoms with Gasteiger partial charge in [-0.3, -0.25) is 9.10 Å². The van der Waals surface area contributed by atoms with Crippen LogP contribution in [0.1, 0.15) is 17.9 Å². The van der Waals surface area contributed by atoms with E-state index in [0.29, 0.717) is 11.3 Å². The number of hydrogen-bond acceptors (Lipinski definition) is 4. The third-order valence-corrected chi connectivity index (χ3v) is 4.91. The molecule has 2 rings (SSSR count). The average Bonchev–Trinajstić information content (AvgIpc) is 2.46. The summed E-state index contributed by atoms with van der Waals surface area (Å²) in [4.78, 5) is 11.3. The van der Waals surface area contributed by atoms with Gasteiger partial charge >= 0.3 is 16.2 Å². The normalized spacial score (nSPS) is 18.3. The molecule has 1 aromatic carbocycles. The van der Waals surface area contributed by atoms with Crippen molar-refractivity contribution < 1.29 is 23.1 Å². The maximum Gasteiger partial charge on any atom is 0.311 e. The van der Waals surface area contributed by atoms with E-state index in [-0.39, 0.29) is 26.1 Å². The summed E-state index contributed by atoms with van der Waals surface area (Å²) in [6, 6.07) is 6.69. The summed E-state index contributed by atoms with van der Waals surface area (Å²) in [7, 11) is -2.22. The van der Waals surface area contributed by atoms with Crippen LogP contribution in [0.4, 0.5) is 5.69 Å². The van der Waals surface area contributed by atoms with Gasteiger partial charge in [-0.1, -0.05) is 18.2 Å². The topological polar surface area (TPSA) is 95.9 Å². The first kappa shape index (κ1) is 15.7. The van der Waals surface area contributed by atoms with E-state index < -0.39 is 22.1 Å². The Labute approximate surface area is 123 Å². The Bertz CT molecular complexity index is 617. The van der Waals surface area contributed by atoms with E-state index >= 15 is 0 Å². The lowest BCUT2D eigenvalue weighted by molar-refractivity contribution is -0.139. The first-order valence-electron chi connectivity index (χ1n) is 6.55. The fourth-order valence-electron chi connectivity index (χ4n) is 2.39. The molecule has 7 nitrogen and oxygen atoms in total. The van der Waals surface area contributed by atoms with Crippen molar-refractivity contribution in [2.24, 2.45) is 0 Å². The highest BCUT2D eigenvalue weighted by atomic mass is 32.2. The van der Waals surface area contributed by atoms with Crippen molar-refractivity contribution in [3.05, 3.63) is 29.8 Å². The lowest BCUT2D eigenvalue weighted by Gasteiger charge is -2.33.